The summed E-state index contributed by atoms with van der Waals surface area (Å²) in [6.45, 7) is 2.61. The summed E-state index contributed by atoms with van der Waals surface area (Å²) in [6.07, 6.45) is 0. The molecule has 1 aliphatic heterocycles. The van der Waals surface area contributed by atoms with Gasteiger partial charge in [0, 0.05) is 48.0 Å². The Kier molecular flexibility index (Phi) is 5.89. The van der Waals surface area contributed by atoms with Crippen molar-refractivity contribution in [2.75, 3.05) is 38.0 Å². The van der Waals surface area contributed by atoms with Gasteiger partial charge in [0.25, 0.3) is 5.91 Å². The van der Waals surface area contributed by atoms with E-state index in [1.165, 1.54) is 23.5 Å². The molecular weight excluding hydrogens is 441 g/mol. The molecule has 9 heteroatoms. The van der Waals surface area contributed by atoms with E-state index in [9.17, 15) is 14.0 Å². The summed E-state index contributed by atoms with van der Waals surface area (Å²) in [7, 11) is 0. The Balaban J connectivity index is 1.12. The lowest BCUT2D eigenvalue weighted by atomic mass is 10.2. The van der Waals surface area contributed by atoms with Crippen LogP contribution in [0.3, 0.4) is 0 Å². The number of amides is 2. The molecule has 4 aromatic rings. The minimum absolute atomic E-state index is 0.0218. The van der Waals surface area contributed by atoms with Crippen LogP contribution in [0, 0.1) is 5.82 Å². The Hall–Kier alpha value is -3.56. The zero-order chi connectivity index (χ0) is 22.8. The average molecular weight is 464 g/mol. The van der Waals surface area contributed by atoms with Crippen molar-refractivity contribution in [3.8, 4) is 11.3 Å². The van der Waals surface area contributed by atoms with Crippen molar-refractivity contribution in [3.05, 3.63) is 71.5 Å². The fourth-order valence-electron chi connectivity index (χ4n) is 3.91. The molecule has 1 saturated heterocycles. The summed E-state index contributed by atoms with van der Waals surface area (Å²) >= 11 is 1.33. The van der Waals surface area contributed by atoms with E-state index in [4.69, 9.17) is 0 Å². The lowest BCUT2D eigenvalue weighted by Gasteiger charge is -2.34. The maximum absolute atomic E-state index is 13.1. The summed E-state index contributed by atoms with van der Waals surface area (Å²) in [5.74, 6) is -0.470. The predicted molar refractivity (Wildman–Crippen MR) is 127 cm³/mol. The minimum Gasteiger partial charge on any atom is -0.351 e. The molecule has 0 aliphatic carbocycles. The number of hydrogen-bond donors (Lipinski definition) is 2. The second-order valence-electron chi connectivity index (χ2n) is 7.93. The summed E-state index contributed by atoms with van der Waals surface area (Å²) in [5, 5.41) is 6.18. The van der Waals surface area contributed by atoms with Crippen molar-refractivity contribution in [2.45, 2.75) is 0 Å². The number of anilines is 1. The Labute approximate surface area is 193 Å². The zero-order valence-corrected chi connectivity index (χ0v) is 18.6. The maximum Gasteiger partial charge on any atom is 0.270 e. The van der Waals surface area contributed by atoms with Gasteiger partial charge in [0.15, 0.2) is 5.13 Å². The number of thiazole rings is 1. The third-order valence-corrected chi connectivity index (χ3v) is 6.44. The van der Waals surface area contributed by atoms with Crippen LogP contribution in [-0.4, -0.2) is 64.3 Å². The van der Waals surface area contributed by atoms with E-state index in [0.717, 1.165) is 16.5 Å². The number of nitrogens with zero attached hydrogens (tertiary/aromatic N) is 3. The highest BCUT2D eigenvalue weighted by atomic mass is 32.1. The first-order valence-corrected chi connectivity index (χ1v) is 11.5. The molecule has 0 spiro atoms. The molecule has 1 fully saturated rings. The highest BCUT2D eigenvalue weighted by Crippen LogP contribution is 2.25. The van der Waals surface area contributed by atoms with Gasteiger partial charge >= 0.3 is 0 Å². The number of fused-ring (bicyclic) bond motifs is 1. The van der Waals surface area contributed by atoms with Gasteiger partial charge in [-0.1, -0.05) is 18.2 Å². The van der Waals surface area contributed by atoms with Gasteiger partial charge in [0.2, 0.25) is 5.91 Å². The molecule has 7 nitrogen and oxygen atoms in total. The van der Waals surface area contributed by atoms with Gasteiger partial charge < -0.3 is 15.2 Å². The normalized spacial score (nSPS) is 14.5. The van der Waals surface area contributed by atoms with Crippen molar-refractivity contribution in [2.24, 2.45) is 0 Å². The van der Waals surface area contributed by atoms with Crippen LogP contribution < -0.4 is 5.32 Å². The van der Waals surface area contributed by atoms with E-state index in [1.807, 2.05) is 45.5 Å². The first-order chi connectivity index (χ1) is 16.0. The number of hydrogen-bond acceptors (Lipinski definition) is 5. The van der Waals surface area contributed by atoms with E-state index in [2.05, 4.69) is 15.3 Å². The van der Waals surface area contributed by atoms with E-state index in [0.29, 0.717) is 42.7 Å². The third kappa shape index (κ3) is 4.79. The van der Waals surface area contributed by atoms with Gasteiger partial charge in [-0.3, -0.25) is 14.5 Å². The van der Waals surface area contributed by atoms with Gasteiger partial charge in [0.05, 0.1) is 12.2 Å². The van der Waals surface area contributed by atoms with Crippen LogP contribution in [0.1, 0.15) is 10.5 Å². The van der Waals surface area contributed by atoms with Crippen LogP contribution in [0.4, 0.5) is 9.52 Å². The lowest BCUT2D eigenvalue weighted by molar-refractivity contribution is -0.117. The van der Waals surface area contributed by atoms with Crippen LogP contribution in [0.15, 0.2) is 60.0 Å². The first-order valence-electron chi connectivity index (χ1n) is 10.7. The Morgan fingerprint density at radius 1 is 1.06 bits per heavy atom. The molecule has 2 amide bonds. The van der Waals surface area contributed by atoms with Crippen molar-refractivity contribution >= 4 is 39.2 Å². The Morgan fingerprint density at radius 3 is 2.58 bits per heavy atom. The average Bonchev–Trinajstić information content (AvgIpc) is 3.47. The number of benzene rings is 2. The second-order valence-corrected chi connectivity index (χ2v) is 8.79. The molecule has 5 rings (SSSR count). The van der Waals surface area contributed by atoms with Gasteiger partial charge in [-0.2, -0.15) is 0 Å². The van der Waals surface area contributed by atoms with Crippen LogP contribution in [0.2, 0.25) is 0 Å². The largest absolute Gasteiger partial charge is 0.351 e. The van der Waals surface area contributed by atoms with Crippen molar-refractivity contribution < 1.29 is 14.0 Å². The SMILES string of the molecule is O=C(CN1CCN(C(=O)c2cc3ccccc3[nH]2)CC1)Nc1nc(-c2ccc(F)cc2)cs1. The molecule has 0 atom stereocenters. The van der Waals surface area contributed by atoms with Gasteiger partial charge in [0.1, 0.15) is 11.5 Å². The van der Waals surface area contributed by atoms with E-state index < -0.39 is 0 Å². The monoisotopic (exact) mass is 463 g/mol. The lowest BCUT2D eigenvalue weighted by Crippen LogP contribution is -2.50. The topological polar surface area (TPSA) is 81.3 Å². The molecule has 0 radical (unpaired) electrons. The Bertz CT molecular complexity index is 1260. The standard InChI is InChI=1S/C24H22FN5O2S/c25-18-7-5-16(6-8-18)21-15-33-24(27-21)28-22(31)14-29-9-11-30(12-10-29)23(32)20-13-17-3-1-2-4-19(17)26-20/h1-8,13,15,26H,9-12,14H2,(H,27,28,31). The number of aromatic nitrogens is 2. The minimum atomic E-state index is -0.300. The van der Waals surface area contributed by atoms with Crippen LogP contribution in [0.25, 0.3) is 22.2 Å². The molecule has 2 aromatic carbocycles. The number of H-pyrrole nitrogens is 1. The molecule has 3 heterocycles. The number of piperazine rings is 1. The van der Waals surface area contributed by atoms with Gasteiger partial charge in [-0.15, -0.1) is 11.3 Å². The summed E-state index contributed by atoms with van der Waals surface area (Å²) < 4.78 is 13.1. The smallest absolute Gasteiger partial charge is 0.270 e. The maximum atomic E-state index is 13.1. The summed E-state index contributed by atoms with van der Waals surface area (Å²) in [4.78, 5) is 36.8. The predicted octanol–water partition coefficient (Wildman–Crippen LogP) is 3.83. The number of rotatable bonds is 5. The van der Waals surface area contributed by atoms with E-state index >= 15 is 0 Å². The fraction of sp³-hybridized carbons (Fsp3) is 0.208. The second kappa shape index (κ2) is 9.13. The number of halogens is 1. The van der Waals surface area contributed by atoms with E-state index in [1.54, 1.807) is 12.1 Å². The Morgan fingerprint density at radius 2 is 1.82 bits per heavy atom. The molecule has 33 heavy (non-hydrogen) atoms. The zero-order valence-electron chi connectivity index (χ0n) is 17.8. The molecule has 0 bridgehead atoms. The van der Waals surface area contributed by atoms with Crippen molar-refractivity contribution in [3.63, 3.8) is 0 Å². The third-order valence-electron chi connectivity index (χ3n) is 5.68. The molecule has 2 aromatic heterocycles. The highest BCUT2D eigenvalue weighted by molar-refractivity contribution is 7.14. The fourth-order valence-corrected chi connectivity index (χ4v) is 4.65. The van der Waals surface area contributed by atoms with Crippen molar-refractivity contribution in [1.29, 1.82) is 0 Å². The number of aromatic amines is 1. The number of nitrogens with one attached hydrogen (secondary N) is 2. The molecule has 1 aliphatic rings. The van der Waals surface area contributed by atoms with Crippen LogP contribution in [-0.2, 0) is 4.79 Å². The number of carbonyl (C=O) groups excluding carboxylic acids is 2. The summed E-state index contributed by atoms with van der Waals surface area (Å²) in [5.41, 5.74) is 3.02. The first kappa shape index (κ1) is 21.3. The van der Waals surface area contributed by atoms with Crippen LogP contribution >= 0.6 is 11.3 Å². The summed E-state index contributed by atoms with van der Waals surface area (Å²) in [6, 6.07) is 15.8. The molecule has 168 valence electrons. The molecule has 0 saturated carbocycles. The molecule has 0 unspecified atom stereocenters. The van der Waals surface area contributed by atoms with E-state index in [-0.39, 0.29) is 24.2 Å². The van der Waals surface area contributed by atoms with Gasteiger partial charge in [-0.05, 0) is 36.4 Å². The van der Waals surface area contributed by atoms with Crippen molar-refractivity contribution in [1.82, 2.24) is 19.8 Å². The highest BCUT2D eigenvalue weighted by Gasteiger charge is 2.24. The van der Waals surface area contributed by atoms with Crippen LogP contribution in [0.5, 0.6) is 0 Å². The molecule has 2 N–H and O–H groups in total. The quantitative estimate of drug-likeness (QED) is 0.471. The molecular formula is C24H22FN5O2S. The number of para-hydroxylation sites is 1. The van der Waals surface area contributed by atoms with Gasteiger partial charge in [-0.25, -0.2) is 9.37 Å². The number of carbonyl (C=O) groups is 2.